The van der Waals surface area contributed by atoms with E-state index >= 15 is 0 Å². The Bertz CT molecular complexity index is 567. The van der Waals surface area contributed by atoms with Crippen molar-refractivity contribution in [3.05, 3.63) is 51.7 Å². The topological polar surface area (TPSA) is 47.3 Å². The van der Waals surface area contributed by atoms with Gasteiger partial charge in [-0.1, -0.05) is 18.2 Å². The van der Waals surface area contributed by atoms with Crippen LogP contribution in [0.15, 0.2) is 35.7 Å². The van der Waals surface area contributed by atoms with Crippen molar-refractivity contribution >= 4 is 11.3 Å². The average Bonchev–Trinajstić information content (AvgIpc) is 2.86. The van der Waals surface area contributed by atoms with Crippen molar-refractivity contribution in [1.29, 1.82) is 0 Å². The van der Waals surface area contributed by atoms with Crippen molar-refractivity contribution in [1.82, 2.24) is 5.43 Å². The number of hydrogen-bond acceptors (Lipinski definition) is 4. The van der Waals surface area contributed by atoms with E-state index in [0.717, 1.165) is 18.8 Å². The number of ether oxygens (including phenoxy) is 1. The van der Waals surface area contributed by atoms with Crippen molar-refractivity contribution in [2.24, 2.45) is 5.84 Å². The third-order valence-corrected chi connectivity index (χ3v) is 4.68. The fourth-order valence-electron chi connectivity index (χ4n) is 2.86. The zero-order valence-corrected chi connectivity index (χ0v) is 11.7. The van der Waals surface area contributed by atoms with Gasteiger partial charge in [-0.2, -0.15) is 0 Å². The Hall–Kier alpha value is -1.36. The lowest BCUT2D eigenvalue weighted by Crippen LogP contribution is -2.34. The summed E-state index contributed by atoms with van der Waals surface area (Å²) in [5, 5.41) is 2.13. The van der Waals surface area contributed by atoms with Gasteiger partial charge < -0.3 is 4.74 Å². The van der Waals surface area contributed by atoms with Crippen molar-refractivity contribution in [2.45, 2.75) is 25.3 Å². The monoisotopic (exact) mass is 274 g/mol. The van der Waals surface area contributed by atoms with Gasteiger partial charge in [0, 0.05) is 10.8 Å². The van der Waals surface area contributed by atoms with E-state index in [2.05, 4.69) is 35.9 Å². The number of hydrazine groups is 1. The third kappa shape index (κ3) is 2.27. The molecule has 0 saturated carbocycles. The van der Waals surface area contributed by atoms with Gasteiger partial charge in [-0.15, -0.1) is 11.3 Å². The van der Waals surface area contributed by atoms with Gasteiger partial charge in [-0.3, -0.25) is 11.3 Å². The van der Waals surface area contributed by atoms with E-state index < -0.39 is 0 Å². The van der Waals surface area contributed by atoms with Crippen LogP contribution in [0.4, 0.5) is 0 Å². The number of aryl methyl sites for hydroxylation is 1. The van der Waals surface area contributed by atoms with Crippen LogP contribution in [0, 0.1) is 6.92 Å². The molecule has 19 heavy (non-hydrogen) atoms. The summed E-state index contributed by atoms with van der Waals surface area (Å²) in [7, 11) is 0. The standard InChI is InChI=1S/C15H18N2OS/c1-10-11(7-9-19-10)15(17-16)13-6-8-18-14-5-3-2-4-12(13)14/h2-5,7,9,13,15,17H,6,8,16H2,1H3. The van der Waals surface area contributed by atoms with Crippen molar-refractivity contribution in [3.63, 3.8) is 0 Å². The van der Waals surface area contributed by atoms with Gasteiger partial charge in [0.15, 0.2) is 0 Å². The number of benzene rings is 1. The van der Waals surface area contributed by atoms with Crippen LogP contribution >= 0.6 is 11.3 Å². The second-order valence-corrected chi connectivity index (χ2v) is 5.98. The number of rotatable bonds is 3. The SMILES string of the molecule is Cc1sccc1C(NN)C1CCOc2ccccc21. The van der Waals surface area contributed by atoms with Crippen LogP contribution in [-0.4, -0.2) is 6.61 Å². The first-order chi connectivity index (χ1) is 9.31. The smallest absolute Gasteiger partial charge is 0.122 e. The highest BCUT2D eigenvalue weighted by Gasteiger charge is 2.30. The summed E-state index contributed by atoms with van der Waals surface area (Å²) >= 11 is 1.77. The molecule has 3 rings (SSSR count). The molecule has 3 N–H and O–H groups in total. The quantitative estimate of drug-likeness (QED) is 0.668. The number of nitrogens with one attached hydrogen (secondary N) is 1. The molecule has 1 aliphatic rings. The molecule has 0 radical (unpaired) electrons. The van der Waals surface area contributed by atoms with E-state index in [1.54, 1.807) is 11.3 Å². The molecule has 1 aromatic carbocycles. The fraction of sp³-hybridized carbons (Fsp3) is 0.333. The van der Waals surface area contributed by atoms with Crippen LogP contribution in [0.3, 0.4) is 0 Å². The number of nitrogens with two attached hydrogens (primary N) is 1. The van der Waals surface area contributed by atoms with E-state index in [4.69, 9.17) is 10.6 Å². The van der Waals surface area contributed by atoms with Crippen LogP contribution in [0.5, 0.6) is 5.75 Å². The molecular weight excluding hydrogens is 256 g/mol. The molecule has 4 heteroatoms. The van der Waals surface area contributed by atoms with Crippen LogP contribution in [0.25, 0.3) is 0 Å². The minimum Gasteiger partial charge on any atom is -0.493 e. The number of hydrogen-bond donors (Lipinski definition) is 2. The molecular formula is C15H18N2OS. The number of para-hydroxylation sites is 1. The first-order valence-electron chi connectivity index (χ1n) is 6.53. The van der Waals surface area contributed by atoms with Gasteiger partial charge in [0.25, 0.3) is 0 Å². The average molecular weight is 274 g/mol. The summed E-state index contributed by atoms with van der Waals surface area (Å²) in [6, 6.07) is 10.6. The Morgan fingerprint density at radius 2 is 2.21 bits per heavy atom. The van der Waals surface area contributed by atoms with Gasteiger partial charge in [0.05, 0.1) is 12.6 Å². The van der Waals surface area contributed by atoms with E-state index in [-0.39, 0.29) is 6.04 Å². The van der Waals surface area contributed by atoms with Crippen LogP contribution in [0.1, 0.15) is 34.4 Å². The van der Waals surface area contributed by atoms with Crippen LogP contribution in [-0.2, 0) is 0 Å². The first kappa shape index (κ1) is 12.7. The Morgan fingerprint density at radius 3 is 2.95 bits per heavy atom. The summed E-state index contributed by atoms with van der Waals surface area (Å²) in [4.78, 5) is 1.33. The number of fused-ring (bicyclic) bond motifs is 1. The summed E-state index contributed by atoms with van der Waals surface area (Å²) in [5.41, 5.74) is 5.56. The van der Waals surface area contributed by atoms with Gasteiger partial charge in [-0.25, -0.2) is 0 Å². The summed E-state index contributed by atoms with van der Waals surface area (Å²) in [6.45, 7) is 2.90. The van der Waals surface area contributed by atoms with Crippen molar-refractivity contribution in [3.8, 4) is 5.75 Å². The highest BCUT2D eigenvalue weighted by molar-refractivity contribution is 7.10. The molecule has 0 spiro atoms. The first-order valence-corrected chi connectivity index (χ1v) is 7.41. The Kier molecular flexibility index (Phi) is 3.55. The molecule has 2 heterocycles. The molecule has 0 fully saturated rings. The summed E-state index contributed by atoms with van der Waals surface area (Å²) in [5.74, 6) is 7.19. The summed E-state index contributed by atoms with van der Waals surface area (Å²) in [6.07, 6.45) is 0.987. The normalized spacial score (nSPS) is 19.6. The molecule has 1 aromatic heterocycles. The molecule has 100 valence electrons. The van der Waals surface area contributed by atoms with Crippen molar-refractivity contribution < 1.29 is 4.74 Å². The van der Waals surface area contributed by atoms with Crippen LogP contribution in [0.2, 0.25) is 0 Å². The van der Waals surface area contributed by atoms with E-state index in [1.807, 2.05) is 12.1 Å². The minimum atomic E-state index is 0.149. The number of thiophene rings is 1. The Balaban J connectivity index is 2.00. The van der Waals surface area contributed by atoms with Crippen molar-refractivity contribution in [2.75, 3.05) is 6.61 Å². The lowest BCUT2D eigenvalue weighted by atomic mass is 9.83. The molecule has 0 saturated heterocycles. The zero-order chi connectivity index (χ0) is 13.2. The minimum absolute atomic E-state index is 0.149. The second kappa shape index (κ2) is 5.33. The van der Waals surface area contributed by atoms with E-state index in [9.17, 15) is 0 Å². The molecule has 3 nitrogen and oxygen atoms in total. The fourth-order valence-corrected chi connectivity index (χ4v) is 3.61. The molecule has 0 bridgehead atoms. The highest BCUT2D eigenvalue weighted by Crippen LogP contribution is 2.42. The molecule has 0 amide bonds. The maximum absolute atomic E-state index is 5.83. The zero-order valence-electron chi connectivity index (χ0n) is 10.9. The molecule has 2 atom stereocenters. The van der Waals surface area contributed by atoms with Gasteiger partial charge in [-0.05, 0) is 42.0 Å². The predicted octanol–water partition coefficient (Wildman–Crippen LogP) is 3.13. The molecule has 2 aromatic rings. The third-order valence-electron chi connectivity index (χ3n) is 3.82. The maximum Gasteiger partial charge on any atom is 0.122 e. The largest absolute Gasteiger partial charge is 0.493 e. The van der Waals surface area contributed by atoms with Gasteiger partial charge in [0.2, 0.25) is 0 Å². The lowest BCUT2D eigenvalue weighted by Gasteiger charge is -2.32. The summed E-state index contributed by atoms with van der Waals surface area (Å²) < 4.78 is 5.73. The maximum atomic E-state index is 5.83. The second-order valence-electron chi connectivity index (χ2n) is 4.86. The lowest BCUT2D eigenvalue weighted by molar-refractivity contribution is 0.246. The highest BCUT2D eigenvalue weighted by atomic mass is 32.1. The molecule has 0 aliphatic carbocycles. The Labute approximate surface area is 117 Å². The van der Waals surface area contributed by atoms with Gasteiger partial charge in [0.1, 0.15) is 5.75 Å². The Morgan fingerprint density at radius 1 is 1.37 bits per heavy atom. The predicted molar refractivity (Wildman–Crippen MR) is 78.4 cm³/mol. The van der Waals surface area contributed by atoms with E-state index in [1.165, 1.54) is 16.0 Å². The molecule has 1 aliphatic heterocycles. The van der Waals surface area contributed by atoms with E-state index in [0.29, 0.717) is 5.92 Å². The molecule has 2 unspecified atom stereocenters. The van der Waals surface area contributed by atoms with Crippen LogP contribution < -0.4 is 16.0 Å². The van der Waals surface area contributed by atoms with Gasteiger partial charge >= 0.3 is 0 Å².